The van der Waals surface area contributed by atoms with Crippen LogP contribution in [0, 0.1) is 0 Å². The van der Waals surface area contributed by atoms with E-state index in [1.807, 2.05) is 6.26 Å². The van der Waals surface area contributed by atoms with Crippen LogP contribution in [0.2, 0.25) is 0 Å². The van der Waals surface area contributed by atoms with E-state index in [-0.39, 0.29) is 0 Å². The van der Waals surface area contributed by atoms with Gasteiger partial charge in [-0.2, -0.15) is 4.98 Å². The lowest BCUT2D eigenvalue weighted by atomic mass is 10.4. The zero-order valence-electron chi connectivity index (χ0n) is 6.40. The molecule has 0 unspecified atom stereocenters. The highest BCUT2D eigenvalue weighted by atomic mass is 32.2. The standard InChI is InChI=1S/C6H7N5S/c1-12-6-10-4(7)3-5(11-6)9-2-8-3/h2,8H,1H3,(H2,7,10,11)/q+1. The first kappa shape index (κ1) is 7.35. The van der Waals surface area contributed by atoms with E-state index in [2.05, 4.69) is 20.3 Å². The summed E-state index contributed by atoms with van der Waals surface area (Å²) >= 11 is 1.45. The van der Waals surface area contributed by atoms with Gasteiger partial charge in [-0.1, -0.05) is 21.7 Å². The highest BCUT2D eigenvalue weighted by Crippen LogP contribution is 2.28. The predicted octanol–water partition coefficient (Wildman–Crippen LogP) is 0.202. The highest BCUT2D eigenvalue weighted by molar-refractivity contribution is 7.98. The maximum atomic E-state index is 5.64. The van der Waals surface area contributed by atoms with Gasteiger partial charge in [0.05, 0.1) is 0 Å². The quantitative estimate of drug-likeness (QED) is 0.478. The summed E-state index contributed by atoms with van der Waals surface area (Å²) in [5, 5.41) is 3.51. The Labute approximate surface area is 73.5 Å². The molecule has 0 amide bonds. The van der Waals surface area contributed by atoms with Crippen LogP contribution in [-0.4, -0.2) is 22.6 Å². The summed E-state index contributed by atoms with van der Waals surface area (Å²) in [6, 6.07) is 0. The number of nitrogens with zero attached hydrogens (tertiary/aromatic N) is 3. The number of nitrogens with one attached hydrogen (secondary N) is 1. The van der Waals surface area contributed by atoms with Crippen molar-refractivity contribution in [1.82, 2.24) is 15.0 Å². The van der Waals surface area contributed by atoms with Crippen molar-refractivity contribution in [1.29, 1.82) is 0 Å². The van der Waals surface area contributed by atoms with Crippen molar-refractivity contribution >= 4 is 35.4 Å². The topological polar surface area (TPSA) is 77.9 Å². The summed E-state index contributed by atoms with van der Waals surface area (Å²) in [7, 11) is 0. The SMILES string of the molecule is CSc1nc(N)c2c(n1)[N+]=CN2. The van der Waals surface area contributed by atoms with Crippen molar-refractivity contribution in [2.75, 3.05) is 17.3 Å². The van der Waals surface area contributed by atoms with Gasteiger partial charge in [-0.25, -0.2) is 0 Å². The second-order valence-corrected chi connectivity index (χ2v) is 2.97. The number of anilines is 2. The van der Waals surface area contributed by atoms with Gasteiger partial charge in [0.25, 0.3) is 5.16 Å². The number of fused-ring (bicyclic) bond motifs is 1. The van der Waals surface area contributed by atoms with Crippen molar-refractivity contribution in [3.05, 3.63) is 0 Å². The van der Waals surface area contributed by atoms with Crippen LogP contribution in [0.25, 0.3) is 0 Å². The van der Waals surface area contributed by atoms with Crippen molar-refractivity contribution in [2.45, 2.75) is 5.16 Å². The monoisotopic (exact) mass is 181 g/mol. The summed E-state index contributed by atoms with van der Waals surface area (Å²) in [4.78, 5) is 12.2. The Morgan fingerprint density at radius 3 is 3.17 bits per heavy atom. The molecule has 61 valence electrons. The number of nitrogens with two attached hydrogens (primary N) is 1. The van der Waals surface area contributed by atoms with Gasteiger partial charge in [0.1, 0.15) is 0 Å². The molecule has 1 aliphatic rings. The second kappa shape index (κ2) is 2.63. The average molecular weight is 181 g/mol. The van der Waals surface area contributed by atoms with Gasteiger partial charge in [-0.15, -0.1) is 0 Å². The van der Waals surface area contributed by atoms with Crippen molar-refractivity contribution in [2.24, 2.45) is 0 Å². The summed E-state index contributed by atoms with van der Waals surface area (Å²) in [5.74, 6) is 1.06. The van der Waals surface area contributed by atoms with E-state index >= 15 is 0 Å². The molecular formula is C6H7N5S+. The molecule has 6 heteroatoms. The van der Waals surface area contributed by atoms with Gasteiger partial charge in [0.2, 0.25) is 12.0 Å². The van der Waals surface area contributed by atoms with Crippen LogP contribution >= 0.6 is 11.8 Å². The van der Waals surface area contributed by atoms with Crippen molar-refractivity contribution in [3.63, 3.8) is 0 Å². The molecule has 0 aromatic carbocycles. The number of nitrogen functional groups attached to an aromatic ring is 1. The smallest absolute Gasteiger partial charge is 0.342 e. The van der Waals surface area contributed by atoms with E-state index in [1.165, 1.54) is 11.8 Å². The zero-order valence-corrected chi connectivity index (χ0v) is 7.22. The number of aliphatic imine (C=N–C) groups is 1. The Morgan fingerprint density at radius 1 is 1.58 bits per heavy atom. The molecule has 1 aromatic rings. The molecule has 0 aliphatic carbocycles. The molecule has 12 heavy (non-hydrogen) atoms. The highest BCUT2D eigenvalue weighted by Gasteiger charge is 2.23. The maximum absolute atomic E-state index is 5.64. The largest absolute Gasteiger partial charge is 0.380 e. The molecule has 2 heterocycles. The van der Waals surface area contributed by atoms with Crippen LogP contribution in [-0.2, 0) is 0 Å². The van der Waals surface area contributed by atoms with Crippen LogP contribution in [0.1, 0.15) is 0 Å². The fraction of sp³-hybridized carbons (Fsp3) is 0.167. The van der Waals surface area contributed by atoms with E-state index < -0.39 is 0 Å². The zero-order chi connectivity index (χ0) is 8.55. The number of thioether (sulfide) groups is 1. The van der Waals surface area contributed by atoms with Crippen LogP contribution in [0.15, 0.2) is 5.16 Å². The molecule has 5 nitrogen and oxygen atoms in total. The molecule has 0 atom stereocenters. The third kappa shape index (κ3) is 1.00. The molecule has 0 bridgehead atoms. The van der Waals surface area contributed by atoms with Gasteiger partial charge in [0, 0.05) is 0 Å². The minimum Gasteiger partial charge on any atom is -0.380 e. The number of aromatic nitrogens is 2. The third-order valence-corrected chi connectivity index (χ3v) is 2.02. The Morgan fingerprint density at radius 2 is 2.42 bits per heavy atom. The molecule has 2 rings (SSSR count). The second-order valence-electron chi connectivity index (χ2n) is 2.20. The van der Waals surface area contributed by atoms with Crippen LogP contribution in [0.3, 0.4) is 0 Å². The van der Waals surface area contributed by atoms with Crippen LogP contribution in [0.5, 0.6) is 0 Å². The van der Waals surface area contributed by atoms with Crippen molar-refractivity contribution in [3.8, 4) is 0 Å². The van der Waals surface area contributed by atoms with E-state index in [0.717, 1.165) is 0 Å². The minimum absolute atomic E-state index is 0.446. The predicted molar refractivity (Wildman–Crippen MR) is 49.7 cm³/mol. The molecular weight excluding hydrogens is 174 g/mol. The molecule has 1 aliphatic heterocycles. The summed E-state index contributed by atoms with van der Waals surface area (Å²) in [5.41, 5.74) is 6.34. The lowest BCUT2D eigenvalue weighted by Gasteiger charge is -1.95. The Balaban J connectivity index is 2.56. The van der Waals surface area contributed by atoms with Gasteiger partial charge >= 0.3 is 5.82 Å². The Hall–Kier alpha value is -1.30. The fourth-order valence-corrected chi connectivity index (χ4v) is 1.29. The number of hydrogen-bond acceptors (Lipinski definition) is 6. The minimum atomic E-state index is 0.446. The lowest BCUT2D eigenvalue weighted by Crippen LogP contribution is -1.99. The normalized spacial score (nSPS) is 12.8. The molecule has 0 fully saturated rings. The first-order valence-corrected chi connectivity index (χ1v) is 4.54. The average Bonchev–Trinajstić information content (AvgIpc) is 2.52. The lowest BCUT2D eigenvalue weighted by molar-refractivity contribution is 0.974. The van der Waals surface area contributed by atoms with E-state index in [4.69, 9.17) is 5.73 Å². The number of rotatable bonds is 1. The van der Waals surface area contributed by atoms with Gasteiger partial charge < -0.3 is 5.73 Å². The maximum Gasteiger partial charge on any atom is 0.342 e. The van der Waals surface area contributed by atoms with Crippen molar-refractivity contribution < 1.29 is 0 Å². The fourth-order valence-electron chi connectivity index (χ4n) is 0.926. The first-order chi connectivity index (χ1) is 5.81. The molecule has 0 spiro atoms. The first-order valence-electron chi connectivity index (χ1n) is 3.32. The Kier molecular flexibility index (Phi) is 1.61. The Bertz CT molecular complexity index is 348. The van der Waals surface area contributed by atoms with Gasteiger partial charge in [-0.05, 0) is 6.26 Å². The summed E-state index contributed by atoms with van der Waals surface area (Å²) < 4.78 is 0. The van der Waals surface area contributed by atoms with E-state index in [1.54, 1.807) is 6.34 Å². The van der Waals surface area contributed by atoms with Crippen LogP contribution in [0.4, 0.5) is 17.3 Å². The van der Waals surface area contributed by atoms with Gasteiger partial charge in [0.15, 0.2) is 5.82 Å². The van der Waals surface area contributed by atoms with E-state index in [9.17, 15) is 0 Å². The molecule has 1 aromatic heterocycles. The van der Waals surface area contributed by atoms with Gasteiger partial charge in [-0.3, -0.25) is 5.32 Å². The molecule has 0 saturated heterocycles. The summed E-state index contributed by atoms with van der Waals surface area (Å²) in [6.45, 7) is 0. The van der Waals surface area contributed by atoms with Crippen LogP contribution < -0.4 is 16.0 Å². The molecule has 1 radical (unpaired) electrons. The summed E-state index contributed by atoms with van der Waals surface area (Å²) in [6.07, 6.45) is 3.45. The van der Waals surface area contributed by atoms with E-state index in [0.29, 0.717) is 22.5 Å². The third-order valence-electron chi connectivity index (χ3n) is 1.48. The molecule has 0 saturated carbocycles. The molecule has 3 N–H and O–H groups in total. The number of hydrogen-bond donors (Lipinski definition) is 2.